The molecule has 21 heavy (non-hydrogen) atoms. The number of esters is 1. The molecule has 0 heterocycles. The third-order valence-electron chi connectivity index (χ3n) is 4.26. The minimum absolute atomic E-state index is 0.00971. The van der Waals surface area contributed by atoms with Crippen LogP contribution in [0, 0.1) is 5.41 Å². The summed E-state index contributed by atoms with van der Waals surface area (Å²) < 4.78 is 4.77. The first-order valence-corrected chi connectivity index (χ1v) is 7.64. The second-order valence-corrected chi connectivity index (χ2v) is 5.55. The maximum Gasteiger partial charge on any atom is 0.326 e. The van der Waals surface area contributed by atoms with E-state index in [1.54, 1.807) is 6.92 Å². The minimum atomic E-state index is -1.11. The number of ether oxygens (including phenoxy) is 1. The van der Waals surface area contributed by atoms with Gasteiger partial charge in [0.05, 0.1) is 6.61 Å². The fourth-order valence-electron chi connectivity index (χ4n) is 2.86. The van der Waals surface area contributed by atoms with Gasteiger partial charge in [-0.25, -0.2) is 4.79 Å². The van der Waals surface area contributed by atoms with Crippen LogP contribution in [0.3, 0.4) is 0 Å². The molecule has 0 radical (unpaired) electrons. The highest BCUT2D eigenvalue weighted by Crippen LogP contribution is 2.41. The fourth-order valence-corrected chi connectivity index (χ4v) is 2.86. The van der Waals surface area contributed by atoms with Crippen molar-refractivity contribution < 1.29 is 24.2 Å². The second-order valence-electron chi connectivity index (χ2n) is 5.55. The number of hydrogen-bond donors (Lipinski definition) is 2. The molecule has 120 valence electrons. The lowest BCUT2D eigenvalue weighted by Crippen LogP contribution is -2.47. The number of aliphatic carboxylic acids is 1. The standard InChI is InChI=1S/C15H25NO5/c1-3-15(9-5-6-10-15)14(20)16-11(13(18)19)7-8-12(17)21-4-2/h11H,3-10H2,1-2H3,(H,16,20)(H,18,19)/t11-/m0/s1. The number of amides is 1. The lowest BCUT2D eigenvalue weighted by molar-refractivity contribution is -0.146. The molecule has 1 fully saturated rings. The van der Waals surface area contributed by atoms with Crippen molar-refractivity contribution in [2.24, 2.45) is 5.41 Å². The average molecular weight is 299 g/mol. The Morgan fingerprint density at radius 2 is 1.86 bits per heavy atom. The largest absolute Gasteiger partial charge is 0.480 e. The van der Waals surface area contributed by atoms with Crippen LogP contribution in [0.5, 0.6) is 0 Å². The average Bonchev–Trinajstić information content (AvgIpc) is 2.93. The van der Waals surface area contributed by atoms with Crippen LogP contribution >= 0.6 is 0 Å². The highest BCUT2D eigenvalue weighted by Gasteiger charge is 2.40. The highest BCUT2D eigenvalue weighted by molar-refractivity contribution is 5.87. The zero-order valence-corrected chi connectivity index (χ0v) is 12.8. The summed E-state index contributed by atoms with van der Waals surface area (Å²) in [4.78, 5) is 34.9. The van der Waals surface area contributed by atoms with Gasteiger partial charge in [0, 0.05) is 11.8 Å². The van der Waals surface area contributed by atoms with E-state index in [9.17, 15) is 19.5 Å². The van der Waals surface area contributed by atoms with Crippen LogP contribution in [0.15, 0.2) is 0 Å². The number of rotatable bonds is 8. The number of carboxylic acid groups (broad SMARTS) is 1. The van der Waals surface area contributed by atoms with E-state index in [2.05, 4.69) is 5.32 Å². The smallest absolute Gasteiger partial charge is 0.326 e. The molecule has 0 spiro atoms. The normalized spacial score (nSPS) is 18.0. The molecule has 6 heteroatoms. The van der Waals surface area contributed by atoms with E-state index < -0.39 is 23.4 Å². The maximum atomic E-state index is 12.4. The summed E-state index contributed by atoms with van der Waals surface area (Å²) in [5.41, 5.74) is -0.433. The van der Waals surface area contributed by atoms with E-state index in [1.807, 2.05) is 6.92 Å². The SMILES string of the molecule is CCOC(=O)CC[C@H](NC(=O)C1(CC)CCCC1)C(=O)O. The van der Waals surface area contributed by atoms with Crippen molar-refractivity contribution in [3.63, 3.8) is 0 Å². The number of carbonyl (C=O) groups is 3. The Bertz CT molecular complexity index is 388. The molecular weight excluding hydrogens is 274 g/mol. The predicted octanol–water partition coefficient (Wildman–Crippen LogP) is 1.87. The van der Waals surface area contributed by atoms with Crippen molar-refractivity contribution in [1.82, 2.24) is 5.32 Å². The molecule has 0 saturated heterocycles. The summed E-state index contributed by atoms with van der Waals surface area (Å²) >= 11 is 0. The van der Waals surface area contributed by atoms with Gasteiger partial charge >= 0.3 is 11.9 Å². The Morgan fingerprint density at radius 3 is 2.33 bits per heavy atom. The van der Waals surface area contributed by atoms with Crippen molar-refractivity contribution in [2.75, 3.05) is 6.61 Å². The van der Waals surface area contributed by atoms with Gasteiger partial charge in [0.1, 0.15) is 6.04 Å². The van der Waals surface area contributed by atoms with Gasteiger partial charge in [0.15, 0.2) is 0 Å². The first kappa shape index (κ1) is 17.5. The van der Waals surface area contributed by atoms with Crippen molar-refractivity contribution in [3.8, 4) is 0 Å². The summed E-state index contributed by atoms with van der Waals surface area (Å²) in [6.45, 7) is 3.92. The third-order valence-corrected chi connectivity index (χ3v) is 4.26. The van der Waals surface area contributed by atoms with Gasteiger partial charge in [-0.3, -0.25) is 9.59 Å². The molecule has 1 saturated carbocycles. The first-order valence-electron chi connectivity index (χ1n) is 7.64. The predicted molar refractivity (Wildman–Crippen MR) is 76.6 cm³/mol. The Hall–Kier alpha value is -1.59. The topological polar surface area (TPSA) is 92.7 Å². The van der Waals surface area contributed by atoms with Gasteiger partial charge in [-0.15, -0.1) is 0 Å². The molecular formula is C15H25NO5. The van der Waals surface area contributed by atoms with Crippen LogP contribution in [-0.2, 0) is 19.1 Å². The van der Waals surface area contributed by atoms with Gasteiger partial charge in [-0.1, -0.05) is 19.8 Å². The molecule has 0 bridgehead atoms. The molecule has 1 aliphatic rings. The van der Waals surface area contributed by atoms with Crippen LogP contribution in [0.4, 0.5) is 0 Å². The monoisotopic (exact) mass is 299 g/mol. The summed E-state index contributed by atoms with van der Waals surface area (Å²) in [5, 5.41) is 11.8. The highest BCUT2D eigenvalue weighted by atomic mass is 16.5. The summed E-state index contributed by atoms with van der Waals surface area (Å²) in [6.07, 6.45) is 4.37. The molecule has 6 nitrogen and oxygen atoms in total. The van der Waals surface area contributed by atoms with Gasteiger partial charge in [-0.2, -0.15) is 0 Å². The zero-order chi connectivity index (χ0) is 15.9. The van der Waals surface area contributed by atoms with Crippen LogP contribution in [0.1, 0.15) is 58.8 Å². The molecule has 1 aliphatic carbocycles. The third kappa shape index (κ3) is 4.72. The molecule has 0 aromatic carbocycles. The van der Waals surface area contributed by atoms with Crippen LogP contribution in [0.25, 0.3) is 0 Å². The number of hydrogen-bond acceptors (Lipinski definition) is 4. The number of carboxylic acids is 1. The molecule has 1 rings (SSSR count). The van der Waals surface area contributed by atoms with Crippen molar-refractivity contribution in [2.45, 2.75) is 64.8 Å². The molecule has 2 N–H and O–H groups in total. The van der Waals surface area contributed by atoms with Gasteiger partial charge in [0.25, 0.3) is 0 Å². The van der Waals surface area contributed by atoms with E-state index in [4.69, 9.17) is 4.74 Å². The quantitative estimate of drug-likeness (QED) is 0.667. The number of carbonyl (C=O) groups excluding carboxylic acids is 2. The first-order chi connectivity index (χ1) is 9.95. The van der Waals surface area contributed by atoms with E-state index in [1.165, 1.54) is 0 Å². The molecule has 0 aromatic heterocycles. The Kier molecular flexibility index (Phi) is 6.65. The molecule has 1 atom stereocenters. The Morgan fingerprint density at radius 1 is 1.24 bits per heavy atom. The van der Waals surface area contributed by atoms with E-state index in [-0.39, 0.29) is 25.4 Å². The van der Waals surface area contributed by atoms with E-state index in [0.29, 0.717) is 6.42 Å². The fraction of sp³-hybridized carbons (Fsp3) is 0.800. The lowest BCUT2D eigenvalue weighted by atomic mass is 9.82. The van der Waals surface area contributed by atoms with Crippen LogP contribution in [0.2, 0.25) is 0 Å². The summed E-state index contributed by atoms with van der Waals surface area (Å²) in [5.74, 6) is -1.75. The summed E-state index contributed by atoms with van der Waals surface area (Å²) in [6, 6.07) is -1.04. The van der Waals surface area contributed by atoms with Crippen molar-refractivity contribution >= 4 is 17.8 Å². The molecule has 0 unspecified atom stereocenters. The van der Waals surface area contributed by atoms with Gasteiger partial charge in [-0.05, 0) is 32.6 Å². The number of nitrogens with one attached hydrogen (secondary N) is 1. The van der Waals surface area contributed by atoms with Gasteiger partial charge < -0.3 is 15.2 Å². The van der Waals surface area contributed by atoms with Crippen LogP contribution in [-0.4, -0.2) is 35.6 Å². The molecule has 0 aliphatic heterocycles. The Labute approximate surface area is 125 Å². The van der Waals surface area contributed by atoms with E-state index in [0.717, 1.165) is 25.7 Å². The lowest BCUT2D eigenvalue weighted by Gasteiger charge is -2.28. The Balaban J connectivity index is 2.59. The summed E-state index contributed by atoms with van der Waals surface area (Å²) in [7, 11) is 0. The van der Waals surface area contributed by atoms with Gasteiger partial charge in [0.2, 0.25) is 5.91 Å². The maximum absolute atomic E-state index is 12.4. The zero-order valence-electron chi connectivity index (χ0n) is 12.8. The molecule has 1 amide bonds. The molecule has 0 aromatic rings. The van der Waals surface area contributed by atoms with Crippen LogP contribution < -0.4 is 5.32 Å². The van der Waals surface area contributed by atoms with Crippen molar-refractivity contribution in [3.05, 3.63) is 0 Å². The van der Waals surface area contributed by atoms with E-state index >= 15 is 0 Å². The minimum Gasteiger partial charge on any atom is -0.480 e. The second kappa shape index (κ2) is 8.00. The van der Waals surface area contributed by atoms with Crippen molar-refractivity contribution in [1.29, 1.82) is 0 Å².